The first-order valence-corrected chi connectivity index (χ1v) is 19.0. The van der Waals surface area contributed by atoms with Gasteiger partial charge in [0.25, 0.3) is 6.10 Å². The minimum atomic E-state index is -6.74. The Bertz CT molecular complexity index is 2190. The molecule has 0 spiro atoms. The van der Waals surface area contributed by atoms with Gasteiger partial charge in [-0.2, -0.15) is 39.5 Å². The van der Waals surface area contributed by atoms with Crippen LogP contribution < -0.4 is 4.74 Å². The summed E-state index contributed by atoms with van der Waals surface area (Å²) in [6.07, 6.45) is -20.3. The van der Waals surface area contributed by atoms with Gasteiger partial charge in [-0.1, -0.05) is 36.4 Å². The molecule has 8 nitrogen and oxygen atoms in total. The minimum absolute atomic E-state index is 0.124. The third kappa shape index (κ3) is 11.0. The molecule has 1 atom stereocenters. The highest BCUT2D eigenvalue weighted by atomic mass is 32.2. The molecule has 0 aromatic heterocycles. The Morgan fingerprint density at radius 2 is 1.09 bits per heavy atom. The fourth-order valence-electron chi connectivity index (χ4n) is 5.34. The number of hydrogen-bond donors (Lipinski definition) is 0. The van der Waals surface area contributed by atoms with E-state index in [9.17, 15) is 62.1 Å². The van der Waals surface area contributed by atoms with Gasteiger partial charge in [0.2, 0.25) is 0 Å². The van der Waals surface area contributed by atoms with Crippen molar-refractivity contribution in [1.82, 2.24) is 0 Å². The average molecular weight is 853 g/mol. The fraction of sp³-hybridized carbons (Fsp3) is 0.316. The first-order chi connectivity index (χ1) is 25.9. The maximum Gasteiger partial charge on any atom is 0.422 e. The van der Waals surface area contributed by atoms with E-state index in [1.54, 1.807) is 0 Å². The standard InChI is InChI=1S/C38H33F9O8S2/c1-34(2,3)54-32(48)29(33(49)55-35(4,5)6)53-27-15-11-10-14-24(27)21-16-18-23(19-17-21)56(22-12-8-7-9-13-22)30-25(36(39,40)41)20-26(37(42,43)44)31(57(50,51)52)28(30)38(45,46)47/h7-20,29H,1-6H3. The Hall–Kier alpha value is -4.75. The van der Waals surface area contributed by atoms with Gasteiger partial charge in [0.05, 0.1) is 10.5 Å². The van der Waals surface area contributed by atoms with Crippen molar-refractivity contribution in [2.24, 2.45) is 0 Å². The summed E-state index contributed by atoms with van der Waals surface area (Å²) >= 11 is 0. The van der Waals surface area contributed by atoms with Crippen LogP contribution in [0.2, 0.25) is 0 Å². The number of para-hydroxylation sites is 1. The number of benzene rings is 4. The van der Waals surface area contributed by atoms with E-state index in [0.717, 1.165) is 24.3 Å². The largest absolute Gasteiger partial charge is 0.744 e. The van der Waals surface area contributed by atoms with Crippen LogP contribution in [-0.4, -0.2) is 42.2 Å². The van der Waals surface area contributed by atoms with Gasteiger partial charge in [0.1, 0.15) is 49.1 Å². The maximum absolute atomic E-state index is 14.9. The maximum atomic E-state index is 14.9. The Labute approximate surface area is 324 Å². The second-order valence-electron chi connectivity index (χ2n) is 14.2. The summed E-state index contributed by atoms with van der Waals surface area (Å²) in [4.78, 5) is 20.8. The van der Waals surface area contributed by atoms with Crippen LogP contribution in [0, 0.1) is 0 Å². The zero-order valence-corrected chi connectivity index (χ0v) is 32.3. The number of esters is 2. The van der Waals surface area contributed by atoms with Crippen molar-refractivity contribution in [2.75, 3.05) is 0 Å². The quantitative estimate of drug-likeness (QED) is 0.0537. The van der Waals surface area contributed by atoms with Crippen molar-refractivity contribution < 1.29 is 76.3 Å². The molecule has 0 heterocycles. The van der Waals surface area contributed by atoms with E-state index in [1.807, 2.05) is 0 Å². The molecule has 4 aromatic carbocycles. The van der Waals surface area contributed by atoms with Gasteiger partial charge in [-0.3, -0.25) is 0 Å². The van der Waals surface area contributed by atoms with Gasteiger partial charge in [-0.15, -0.1) is 0 Å². The third-order valence-electron chi connectivity index (χ3n) is 7.33. The van der Waals surface area contributed by atoms with E-state index in [-0.39, 0.29) is 26.7 Å². The lowest BCUT2D eigenvalue weighted by Gasteiger charge is -2.27. The summed E-state index contributed by atoms with van der Waals surface area (Å²) in [6.45, 7) is 9.23. The summed E-state index contributed by atoms with van der Waals surface area (Å²) in [7, 11) is -9.42. The van der Waals surface area contributed by atoms with Gasteiger partial charge in [0, 0.05) is 5.56 Å². The average Bonchev–Trinajstić information content (AvgIpc) is 3.04. The molecule has 0 saturated carbocycles. The van der Waals surface area contributed by atoms with Crippen LogP contribution in [-0.2, 0) is 58.6 Å². The van der Waals surface area contributed by atoms with Crippen LogP contribution in [0.25, 0.3) is 11.1 Å². The molecule has 0 saturated heterocycles. The van der Waals surface area contributed by atoms with Gasteiger partial charge >= 0.3 is 30.5 Å². The van der Waals surface area contributed by atoms with Crippen LogP contribution in [0.1, 0.15) is 58.2 Å². The van der Waals surface area contributed by atoms with Crippen molar-refractivity contribution in [1.29, 1.82) is 0 Å². The van der Waals surface area contributed by atoms with Crippen LogP contribution in [0.15, 0.2) is 105 Å². The third-order valence-corrected chi connectivity index (χ3v) is 10.6. The van der Waals surface area contributed by atoms with Crippen LogP contribution in [0.5, 0.6) is 5.75 Å². The smallest absolute Gasteiger partial charge is 0.422 e. The van der Waals surface area contributed by atoms with Crippen LogP contribution in [0.3, 0.4) is 0 Å². The van der Waals surface area contributed by atoms with Crippen molar-refractivity contribution in [3.05, 3.63) is 102 Å². The molecule has 19 heteroatoms. The number of hydrogen-bond acceptors (Lipinski definition) is 8. The second kappa shape index (κ2) is 15.9. The lowest BCUT2D eigenvalue weighted by molar-refractivity contribution is -0.179. The Kier molecular flexibility index (Phi) is 12.5. The summed E-state index contributed by atoms with van der Waals surface area (Å²) < 4.78 is 184. The molecule has 0 radical (unpaired) electrons. The van der Waals surface area contributed by atoms with E-state index in [0.29, 0.717) is 0 Å². The molecule has 4 rings (SSSR count). The lowest BCUT2D eigenvalue weighted by atomic mass is 10.0. The highest BCUT2D eigenvalue weighted by Gasteiger charge is 2.55. The molecule has 4 aromatic rings. The molecule has 0 bridgehead atoms. The van der Waals surface area contributed by atoms with Gasteiger partial charge in [-0.05, 0) is 95.6 Å². The van der Waals surface area contributed by atoms with E-state index in [4.69, 9.17) is 14.2 Å². The first kappa shape index (κ1) is 45.0. The molecule has 0 aliphatic heterocycles. The Morgan fingerprint density at radius 3 is 1.53 bits per heavy atom. The van der Waals surface area contributed by atoms with E-state index >= 15 is 0 Å². The van der Waals surface area contributed by atoms with Gasteiger partial charge in [0.15, 0.2) is 14.7 Å². The van der Waals surface area contributed by atoms with E-state index in [1.165, 1.54) is 96.1 Å². The summed E-state index contributed by atoms with van der Waals surface area (Å²) in [6, 6.07) is 15.4. The SMILES string of the molecule is CC(C)(C)OC(=O)C(Oc1ccccc1-c1ccc([S+](c2ccccc2)c2c(C(F)(F)F)cc(C(F)(F)F)c(S(=O)(=O)[O-])c2C(F)(F)F)cc1)C(=O)OC(C)(C)C. The van der Waals surface area contributed by atoms with Crippen molar-refractivity contribution in [2.45, 2.75) is 97.0 Å². The molecule has 0 amide bonds. The Balaban J connectivity index is 2.00. The van der Waals surface area contributed by atoms with Gasteiger partial charge in [-0.25, -0.2) is 18.0 Å². The number of carbonyl (C=O) groups excluding carboxylic acids is 2. The van der Waals surface area contributed by atoms with Crippen molar-refractivity contribution in [3.8, 4) is 16.9 Å². The van der Waals surface area contributed by atoms with Crippen molar-refractivity contribution in [3.63, 3.8) is 0 Å². The molecule has 0 N–H and O–H groups in total. The molecule has 0 fully saturated rings. The molecule has 308 valence electrons. The summed E-state index contributed by atoms with van der Waals surface area (Å²) in [5.74, 6) is -2.36. The summed E-state index contributed by atoms with van der Waals surface area (Å²) in [5, 5.41) is 0. The van der Waals surface area contributed by atoms with Crippen molar-refractivity contribution >= 4 is 33.0 Å². The monoisotopic (exact) mass is 852 g/mol. The molecule has 57 heavy (non-hydrogen) atoms. The normalized spacial score (nSPS) is 13.6. The van der Waals surface area contributed by atoms with Crippen LogP contribution in [0.4, 0.5) is 39.5 Å². The molecular formula is C38H33F9O8S2. The number of halogens is 9. The Morgan fingerprint density at radius 1 is 0.632 bits per heavy atom. The fourth-order valence-corrected chi connectivity index (χ4v) is 8.71. The highest BCUT2D eigenvalue weighted by molar-refractivity contribution is 7.97. The molecule has 1 unspecified atom stereocenters. The van der Waals surface area contributed by atoms with E-state index < -0.39 is 101 Å². The highest BCUT2D eigenvalue weighted by Crippen LogP contribution is 2.52. The topological polar surface area (TPSA) is 119 Å². The number of carbonyl (C=O) groups is 2. The zero-order valence-electron chi connectivity index (χ0n) is 30.6. The minimum Gasteiger partial charge on any atom is -0.744 e. The zero-order chi connectivity index (χ0) is 43.1. The summed E-state index contributed by atoms with van der Waals surface area (Å²) in [5.41, 5.74) is -10.2. The molecular weight excluding hydrogens is 820 g/mol. The first-order valence-electron chi connectivity index (χ1n) is 16.4. The van der Waals surface area contributed by atoms with E-state index in [2.05, 4.69) is 0 Å². The number of rotatable bonds is 9. The predicted octanol–water partition coefficient (Wildman–Crippen LogP) is 9.84. The number of alkyl halides is 9. The molecule has 0 aliphatic carbocycles. The van der Waals surface area contributed by atoms with Gasteiger partial charge < -0.3 is 18.8 Å². The van der Waals surface area contributed by atoms with Crippen LogP contribution >= 0.6 is 0 Å². The second-order valence-corrected chi connectivity index (χ2v) is 17.4. The molecule has 0 aliphatic rings. The number of ether oxygens (including phenoxy) is 3. The predicted molar refractivity (Wildman–Crippen MR) is 186 cm³/mol. The lowest BCUT2D eigenvalue weighted by Crippen LogP contribution is -2.44.